The summed E-state index contributed by atoms with van der Waals surface area (Å²) in [4.78, 5) is 33.1. The van der Waals surface area contributed by atoms with Gasteiger partial charge in [-0.25, -0.2) is 14.2 Å². The Morgan fingerprint density at radius 1 is 1.11 bits per heavy atom. The Bertz CT molecular complexity index is 1320. The van der Waals surface area contributed by atoms with Crippen molar-refractivity contribution in [2.24, 2.45) is 5.92 Å². The molecular weight excluding hydrogens is 489 g/mol. The number of nitrogens with zero attached hydrogens (tertiary/aromatic N) is 5. The molecule has 5 rings (SSSR count). The first-order valence-electron chi connectivity index (χ1n) is 13.2. The Hall–Kier alpha value is -3.82. The van der Waals surface area contributed by atoms with Gasteiger partial charge >= 0.3 is 5.97 Å². The van der Waals surface area contributed by atoms with Gasteiger partial charge in [0.15, 0.2) is 11.6 Å². The standard InChI is InChI=1S/C28H32FN5O4/c1-17(2)34(27(35)20-6-4-3-5-7-20)24-14-23(29)25(13-22(24)28(36)37)38-26-21(19-8-9-19)12-18(15-30-26)16-33-31-10-11-32-33/h10-15,17,19-20H,3-9,16H2,1-2H3,(H,36,37). The topological polar surface area (TPSA) is 110 Å². The smallest absolute Gasteiger partial charge is 0.337 e. The van der Waals surface area contributed by atoms with Crippen LogP contribution in [0, 0.1) is 11.7 Å². The van der Waals surface area contributed by atoms with Gasteiger partial charge in [-0.2, -0.15) is 15.0 Å². The summed E-state index contributed by atoms with van der Waals surface area (Å²) in [6, 6.07) is 3.88. The molecule has 2 aromatic heterocycles. The van der Waals surface area contributed by atoms with Crippen molar-refractivity contribution in [3.05, 3.63) is 59.3 Å². The summed E-state index contributed by atoms with van der Waals surface area (Å²) in [7, 11) is 0. The molecule has 0 bridgehead atoms. The molecule has 2 aliphatic rings. The molecule has 1 N–H and O–H groups in total. The first kappa shape index (κ1) is 25.8. The number of amides is 1. The molecule has 2 aliphatic carbocycles. The number of aromatic carboxylic acids is 1. The molecule has 200 valence electrons. The average Bonchev–Trinajstić information content (AvgIpc) is 3.62. The maximum atomic E-state index is 15.5. The molecule has 0 atom stereocenters. The predicted molar refractivity (Wildman–Crippen MR) is 138 cm³/mol. The first-order chi connectivity index (χ1) is 18.3. The van der Waals surface area contributed by atoms with Crippen molar-refractivity contribution >= 4 is 17.6 Å². The molecule has 2 heterocycles. The van der Waals surface area contributed by atoms with Crippen LogP contribution in [0.5, 0.6) is 11.6 Å². The molecule has 2 saturated carbocycles. The maximum absolute atomic E-state index is 15.5. The van der Waals surface area contributed by atoms with E-state index in [-0.39, 0.29) is 46.7 Å². The zero-order chi connectivity index (χ0) is 26.8. The number of halogens is 1. The van der Waals surface area contributed by atoms with Gasteiger partial charge in [-0.3, -0.25) is 4.79 Å². The second kappa shape index (κ2) is 10.9. The first-order valence-corrected chi connectivity index (χ1v) is 13.2. The molecule has 9 nitrogen and oxygen atoms in total. The van der Waals surface area contributed by atoms with E-state index < -0.39 is 11.8 Å². The highest BCUT2D eigenvalue weighted by Crippen LogP contribution is 2.45. The van der Waals surface area contributed by atoms with Crippen LogP contribution in [-0.4, -0.2) is 43.0 Å². The van der Waals surface area contributed by atoms with E-state index in [2.05, 4.69) is 15.2 Å². The number of aromatic nitrogens is 4. The molecule has 0 aliphatic heterocycles. The number of carboxylic acid groups (broad SMARTS) is 1. The fraction of sp³-hybridized carbons (Fsp3) is 0.464. The van der Waals surface area contributed by atoms with Crippen LogP contribution in [0.3, 0.4) is 0 Å². The summed E-state index contributed by atoms with van der Waals surface area (Å²) in [6.45, 7) is 4.05. The third kappa shape index (κ3) is 5.54. The average molecular weight is 522 g/mol. The fourth-order valence-electron chi connectivity index (χ4n) is 5.16. The molecule has 1 aromatic carbocycles. The molecule has 0 unspecified atom stereocenters. The minimum atomic E-state index is -1.26. The number of benzene rings is 1. The molecular formula is C28H32FN5O4. The van der Waals surface area contributed by atoms with Crippen LogP contribution >= 0.6 is 0 Å². The number of hydrogen-bond acceptors (Lipinski definition) is 6. The molecule has 10 heteroatoms. The van der Waals surface area contributed by atoms with Crippen LogP contribution in [-0.2, 0) is 11.3 Å². The molecule has 0 radical (unpaired) electrons. The minimum Gasteiger partial charge on any atom is -0.478 e. The highest BCUT2D eigenvalue weighted by molar-refractivity contribution is 6.03. The van der Waals surface area contributed by atoms with Crippen LogP contribution in [0.25, 0.3) is 0 Å². The van der Waals surface area contributed by atoms with Crippen molar-refractivity contribution in [1.82, 2.24) is 20.0 Å². The lowest BCUT2D eigenvalue weighted by atomic mass is 9.87. The number of carboxylic acids is 1. The van der Waals surface area contributed by atoms with Gasteiger partial charge in [0.2, 0.25) is 11.8 Å². The van der Waals surface area contributed by atoms with Crippen molar-refractivity contribution in [3.63, 3.8) is 0 Å². The van der Waals surface area contributed by atoms with Crippen LogP contribution in [0.15, 0.2) is 36.8 Å². The van der Waals surface area contributed by atoms with E-state index in [1.54, 1.807) is 37.2 Å². The Balaban J connectivity index is 1.46. The van der Waals surface area contributed by atoms with E-state index in [1.165, 1.54) is 4.90 Å². The monoisotopic (exact) mass is 521 g/mol. The zero-order valence-electron chi connectivity index (χ0n) is 21.6. The van der Waals surface area contributed by atoms with Crippen molar-refractivity contribution < 1.29 is 23.8 Å². The van der Waals surface area contributed by atoms with Gasteiger partial charge in [0.1, 0.15) is 0 Å². The van der Waals surface area contributed by atoms with Gasteiger partial charge < -0.3 is 14.7 Å². The number of hydrogen-bond donors (Lipinski definition) is 1. The van der Waals surface area contributed by atoms with Crippen LogP contribution in [0.2, 0.25) is 0 Å². The highest BCUT2D eigenvalue weighted by atomic mass is 19.1. The van der Waals surface area contributed by atoms with Crippen molar-refractivity contribution in [3.8, 4) is 11.6 Å². The molecule has 3 aromatic rings. The van der Waals surface area contributed by atoms with Crippen LogP contribution < -0.4 is 9.64 Å². The van der Waals surface area contributed by atoms with Gasteiger partial charge in [-0.1, -0.05) is 19.3 Å². The van der Waals surface area contributed by atoms with Crippen molar-refractivity contribution in [2.75, 3.05) is 4.90 Å². The number of ether oxygens (including phenoxy) is 1. The molecule has 38 heavy (non-hydrogen) atoms. The molecule has 0 saturated heterocycles. The molecule has 1 amide bonds. The van der Waals surface area contributed by atoms with E-state index in [0.29, 0.717) is 6.54 Å². The highest BCUT2D eigenvalue weighted by Gasteiger charge is 2.33. The number of carbonyl (C=O) groups is 2. The van der Waals surface area contributed by atoms with Crippen molar-refractivity contribution in [1.29, 1.82) is 0 Å². The summed E-state index contributed by atoms with van der Waals surface area (Å²) in [5, 5.41) is 18.3. The number of anilines is 1. The van der Waals surface area contributed by atoms with Crippen LogP contribution in [0.4, 0.5) is 10.1 Å². The molecule has 0 spiro atoms. The summed E-state index contributed by atoms with van der Waals surface area (Å²) >= 11 is 0. The predicted octanol–water partition coefficient (Wildman–Crippen LogP) is 5.55. The second-order valence-corrected chi connectivity index (χ2v) is 10.4. The van der Waals surface area contributed by atoms with Crippen LogP contribution in [0.1, 0.15) is 86.2 Å². The van der Waals surface area contributed by atoms with Crippen molar-refractivity contribution in [2.45, 2.75) is 77.3 Å². The Morgan fingerprint density at radius 2 is 1.82 bits per heavy atom. The van der Waals surface area contributed by atoms with E-state index in [1.807, 2.05) is 6.07 Å². The lowest BCUT2D eigenvalue weighted by Crippen LogP contribution is -2.42. The normalized spacial score (nSPS) is 16.0. The van der Waals surface area contributed by atoms with Gasteiger partial charge in [0.25, 0.3) is 0 Å². The lowest BCUT2D eigenvalue weighted by molar-refractivity contribution is -0.123. The third-order valence-corrected chi connectivity index (χ3v) is 7.20. The maximum Gasteiger partial charge on any atom is 0.337 e. The summed E-state index contributed by atoms with van der Waals surface area (Å²) in [5.74, 6) is -2.11. The summed E-state index contributed by atoms with van der Waals surface area (Å²) < 4.78 is 21.4. The Labute approximate surface area is 220 Å². The number of pyridine rings is 1. The zero-order valence-corrected chi connectivity index (χ0v) is 21.6. The number of carbonyl (C=O) groups excluding carboxylic acids is 1. The molecule has 2 fully saturated rings. The summed E-state index contributed by atoms with van der Waals surface area (Å²) in [6.07, 6.45) is 11.3. The Kier molecular flexibility index (Phi) is 7.40. The largest absolute Gasteiger partial charge is 0.478 e. The van der Waals surface area contributed by atoms with Gasteiger partial charge in [-0.15, -0.1) is 0 Å². The second-order valence-electron chi connectivity index (χ2n) is 10.4. The quantitative estimate of drug-likeness (QED) is 0.393. The minimum absolute atomic E-state index is 0.0466. The summed E-state index contributed by atoms with van der Waals surface area (Å²) in [5.41, 5.74) is 1.58. The van der Waals surface area contributed by atoms with E-state index in [4.69, 9.17) is 4.74 Å². The van der Waals surface area contributed by atoms with Gasteiger partial charge in [0.05, 0.1) is 30.2 Å². The SMILES string of the molecule is CC(C)N(C(=O)C1CCCCC1)c1cc(F)c(Oc2ncc(Cn3nccn3)cc2C2CC2)cc1C(=O)O. The van der Waals surface area contributed by atoms with E-state index in [9.17, 15) is 14.7 Å². The van der Waals surface area contributed by atoms with Gasteiger partial charge in [-0.05, 0) is 57.1 Å². The van der Waals surface area contributed by atoms with E-state index in [0.717, 1.165) is 68.2 Å². The Morgan fingerprint density at radius 3 is 2.45 bits per heavy atom. The fourth-order valence-corrected chi connectivity index (χ4v) is 5.16. The van der Waals surface area contributed by atoms with E-state index >= 15 is 4.39 Å². The third-order valence-electron chi connectivity index (χ3n) is 7.20. The van der Waals surface area contributed by atoms with Gasteiger partial charge in [0, 0.05) is 35.9 Å². The lowest BCUT2D eigenvalue weighted by Gasteiger charge is -2.33. The number of rotatable bonds is 9.